The minimum Gasteiger partial charge on any atom is -0.406 e. The van der Waals surface area contributed by atoms with Gasteiger partial charge < -0.3 is 10.2 Å². The van der Waals surface area contributed by atoms with E-state index in [1.54, 1.807) is 0 Å². The fourth-order valence-corrected chi connectivity index (χ4v) is 8.66. The van der Waals surface area contributed by atoms with Crippen LogP contribution in [0.25, 0.3) is 0 Å². The van der Waals surface area contributed by atoms with Gasteiger partial charge in [-0.2, -0.15) is 0 Å². The van der Waals surface area contributed by atoms with Crippen LogP contribution in [0.1, 0.15) is 27.2 Å². The number of nitrogens with two attached hydrogens (primary N) is 1. The van der Waals surface area contributed by atoms with E-state index in [1.165, 1.54) is 0 Å². The lowest BCUT2D eigenvalue weighted by molar-refractivity contribution is -0.119. The summed E-state index contributed by atoms with van der Waals surface area (Å²) in [6.45, 7) is 6.60. The third-order valence-corrected chi connectivity index (χ3v) is 10.3. The largest absolute Gasteiger partial charge is 0.406 e. The van der Waals surface area contributed by atoms with Crippen LogP contribution in [0.2, 0.25) is 5.04 Å². The molecule has 1 amide bonds. The van der Waals surface area contributed by atoms with Crippen molar-refractivity contribution in [1.82, 2.24) is 4.72 Å². The summed E-state index contributed by atoms with van der Waals surface area (Å²) in [6, 6.07) is 19.6. The molecule has 2 aromatic rings. The number of hydrogen-bond donors (Lipinski definition) is 2. The molecule has 2 aromatic carbocycles. The Balaban J connectivity index is 2.35. The van der Waals surface area contributed by atoms with Gasteiger partial charge in [-0.3, -0.25) is 9.52 Å². The zero-order chi connectivity index (χ0) is 21.7. The second-order valence-electron chi connectivity index (χ2n) is 8.24. The second kappa shape index (κ2) is 9.21. The van der Waals surface area contributed by atoms with E-state index in [0.29, 0.717) is 0 Å². The topological polar surface area (TPSA) is 98.5 Å². The Kier molecular flexibility index (Phi) is 7.39. The van der Waals surface area contributed by atoms with Crippen molar-refractivity contribution in [1.29, 1.82) is 0 Å². The maximum Gasteiger partial charge on any atom is 0.261 e. The number of carbonyl (C=O) groups is 1. The van der Waals surface area contributed by atoms with E-state index in [4.69, 9.17) is 10.2 Å². The van der Waals surface area contributed by atoms with Crippen LogP contribution in [0.15, 0.2) is 60.7 Å². The fraction of sp³-hybridized carbons (Fsp3) is 0.381. The number of sulfonamides is 1. The van der Waals surface area contributed by atoms with Gasteiger partial charge in [0.2, 0.25) is 15.9 Å². The van der Waals surface area contributed by atoms with Gasteiger partial charge in [-0.1, -0.05) is 81.4 Å². The van der Waals surface area contributed by atoms with Crippen LogP contribution in [0.4, 0.5) is 0 Å². The van der Waals surface area contributed by atoms with Crippen LogP contribution in [0, 0.1) is 0 Å². The van der Waals surface area contributed by atoms with E-state index < -0.39 is 30.3 Å². The number of hydrogen-bond acceptors (Lipinski definition) is 5. The van der Waals surface area contributed by atoms with Crippen molar-refractivity contribution in [2.45, 2.75) is 38.3 Å². The number of carbonyl (C=O) groups excluding carboxylic acids is 1. The van der Waals surface area contributed by atoms with Gasteiger partial charge in [-0.15, -0.1) is 0 Å². The molecule has 0 aliphatic carbocycles. The summed E-state index contributed by atoms with van der Waals surface area (Å²) in [7, 11) is -6.35. The van der Waals surface area contributed by atoms with E-state index in [2.05, 4.69) is 45.0 Å². The van der Waals surface area contributed by atoms with Crippen LogP contribution in [0.5, 0.6) is 0 Å². The highest BCUT2D eigenvalue weighted by Crippen LogP contribution is 2.36. The van der Waals surface area contributed by atoms with Gasteiger partial charge in [-0.25, -0.2) is 8.42 Å². The first-order valence-electron chi connectivity index (χ1n) is 9.47. The summed E-state index contributed by atoms with van der Waals surface area (Å²) in [4.78, 5) is 11.9. The Bertz CT molecular complexity index is 873. The van der Waals surface area contributed by atoms with Gasteiger partial charge in [0, 0.05) is 12.5 Å². The first-order valence-corrected chi connectivity index (χ1v) is 13.3. The molecule has 0 heterocycles. The monoisotopic (exact) mass is 434 g/mol. The summed E-state index contributed by atoms with van der Waals surface area (Å²) in [5, 5.41) is 2.03. The molecule has 8 heteroatoms. The summed E-state index contributed by atoms with van der Waals surface area (Å²) < 4.78 is 31.1. The summed E-state index contributed by atoms with van der Waals surface area (Å²) in [6.07, 6.45) is 0.806. The lowest BCUT2D eigenvalue weighted by Gasteiger charge is -2.43. The van der Waals surface area contributed by atoms with E-state index in [1.807, 2.05) is 41.1 Å². The zero-order valence-corrected chi connectivity index (χ0v) is 19.2. The first-order chi connectivity index (χ1) is 13.5. The normalized spacial score (nSPS) is 13.7. The lowest BCUT2D eigenvalue weighted by atomic mass is 10.2. The lowest BCUT2D eigenvalue weighted by Crippen LogP contribution is -2.67. The maximum atomic E-state index is 11.9. The molecule has 0 aromatic heterocycles. The highest BCUT2D eigenvalue weighted by atomic mass is 32.2. The van der Waals surface area contributed by atoms with Crippen LogP contribution in [0.3, 0.4) is 0 Å². The number of rotatable bonds is 8. The van der Waals surface area contributed by atoms with Gasteiger partial charge in [0.1, 0.15) is 0 Å². The summed E-state index contributed by atoms with van der Waals surface area (Å²) in [5.74, 6) is -0.633. The van der Waals surface area contributed by atoms with Crippen molar-refractivity contribution >= 4 is 34.6 Å². The third kappa shape index (κ3) is 5.99. The standard InChI is InChI=1S/C21H30N2O4SSi/c1-21(2,3)29(18-11-7-5-8-12-18,19-13-9-6-10-14-19)27-16-17(22)15-20(24)23-28(4,25)26/h5-14,17H,15-16,22H2,1-4H3,(H,23,24)/t17-/m0/s1. The average molecular weight is 435 g/mol. The highest BCUT2D eigenvalue weighted by molar-refractivity contribution is 7.89. The van der Waals surface area contributed by atoms with Crippen LogP contribution in [-0.4, -0.2) is 41.5 Å². The quantitative estimate of drug-likeness (QED) is 0.611. The van der Waals surface area contributed by atoms with Crippen LogP contribution in [-0.2, 0) is 19.2 Å². The molecule has 0 aliphatic heterocycles. The summed E-state index contributed by atoms with van der Waals surface area (Å²) in [5.41, 5.74) is 6.14. The molecule has 0 saturated heterocycles. The Hall–Kier alpha value is -2.00. The number of nitrogens with one attached hydrogen (secondary N) is 1. The Morgan fingerprint density at radius 2 is 1.48 bits per heavy atom. The molecule has 0 spiro atoms. The minimum atomic E-state index is -3.61. The molecule has 3 N–H and O–H groups in total. The van der Waals surface area contributed by atoms with Crippen molar-refractivity contribution in [2.75, 3.05) is 12.9 Å². The summed E-state index contributed by atoms with van der Waals surface area (Å²) >= 11 is 0. The Labute approximate surface area is 174 Å². The molecule has 6 nitrogen and oxygen atoms in total. The van der Waals surface area contributed by atoms with Crippen molar-refractivity contribution in [3.63, 3.8) is 0 Å². The van der Waals surface area contributed by atoms with Crippen molar-refractivity contribution in [3.05, 3.63) is 60.7 Å². The minimum absolute atomic E-state index is 0.134. The molecule has 2 rings (SSSR count). The molecule has 0 radical (unpaired) electrons. The van der Waals surface area contributed by atoms with Crippen LogP contribution >= 0.6 is 0 Å². The smallest absolute Gasteiger partial charge is 0.261 e. The molecular formula is C21H30N2O4SSi. The number of benzene rings is 2. The fourth-order valence-electron chi connectivity index (χ4n) is 3.54. The van der Waals surface area contributed by atoms with Gasteiger partial charge >= 0.3 is 0 Å². The van der Waals surface area contributed by atoms with Gasteiger partial charge in [0.15, 0.2) is 0 Å². The Morgan fingerprint density at radius 1 is 1.03 bits per heavy atom. The molecule has 29 heavy (non-hydrogen) atoms. The van der Waals surface area contributed by atoms with E-state index in [9.17, 15) is 13.2 Å². The van der Waals surface area contributed by atoms with Crippen molar-refractivity contribution in [2.24, 2.45) is 5.73 Å². The van der Waals surface area contributed by atoms with Crippen LogP contribution < -0.4 is 20.8 Å². The molecular weight excluding hydrogens is 404 g/mol. The highest BCUT2D eigenvalue weighted by Gasteiger charge is 2.50. The molecule has 0 aliphatic rings. The van der Waals surface area contributed by atoms with Crippen molar-refractivity contribution < 1.29 is 17.6 Å². The predicted octanol–water partition coefficient (Wildman–Crippen LogP) is 1.36. The molecule has 0 saturated carbocycles. The molecule has 0 bridgehead atoms. The third-order valence-electron chi connectivity index (χ3n) is 4.68. The predicted molar refractivity (Wildman–Crippen MR) is 119 cm³/mol. The maximum absolute atomic E-state index is 11.9. The Morgan fingerprint density at radius 3 is 1.86 bits per heavy atom. The van der Waals surface area contributed by atoms with E-state index in [0.717, 1.165) is 16.6 Å². The average Bonchev–Trinajstić information content (AvgIpc) is 2.61. The SMILES string of the molecule is CC(C)(C)[Si](OC[C@@H](N)CC(=O)NS(C)(=O)=O)(c1ccccc1)c1ccccc1. The molecule has 0 unspecified atom stereocenters. The van der Waals surface area contributed by atoms with Crippen molar-refractivity contribution in [3.8, 4) is 0 Å². The van der Waals surface area contributed by atoms with Gasteiger partial charge in [0.25, 0.3) is 8.32 Å². The zero-order valence-electron chi connectivity index (χ0n) is 17.4. The first kappa shape index (κ1) is 23.3. The van der Waals surface area contributed by atoms with E-state index in [-0.39, 0.29) is 18.1 Å². The molecule has 0 fully saturated rings. The van der Waals surface area contributed by atoms with Gasteiger partial charge in [-0.05, 0) is 15.4 Å². The van der Waals surface area contributed by atoms with Gasteiger partial charge in [0.05, 0.1) is 12.9 Å². The molecule has 158 valence electrons. The van der Waals surface area contributed by atoms with E-state index >= 15 is 0 Å². The second-order valence-corrected chi connectivity index (χ2v) is 14.3. The number of amides is 1. The molecule has 1 atom stereocenters.